The lowest BCUT2D eigenvalue weighted by molar-refractivity contribution is 0.0909. The molecule has 0 radical (unpaired) electrons. The van der Waals surface area contributed by atoms with Gasteiger partial charge < -0.3 is 15.0 Å². The molecule has 2 heterocycles. The van der Waals surface area contributed by atoms with Gasteiger partial charge in [-0.2, -0.15) is 0 Å². The van der Waals surface area contributed by atoms with Gasteiger partial charge in [0.2, 0.25) is 0 Å². The van der Waals surface area contributed by atoms with Gasteiger partial charge in [-0.25, -0.2) is 9.37 Å². The maximum Gasteiger partial charge on any atom is 0.131 e. The van der Waals surface area contributed by atoms with E-state index in [1.54, 1.807) is 12.1 Å². The summed E-state index contributed by atoms with van der Waals surface area (Å²) in [5, 5.41) is 13.5. The summed E-state index contributed by atoms with van der Waals surface area (Å²) in [6, 6.07) is 12.9. The molecule has 26 heavy (non-hydrogen) atoms. The van der Waals surface area contributed by atoms with Gasteiger partial charge in [0.05, 0.1) is 23.5 Å². The van der Waals surface area contributed by atoms with Gasteiger partial charge in [0.25, 0.3) is 0 Å². The number of imidazole rings is 1. The van der Waals surface area contributed by atoms with Gasteiger partial charge in [-0.3, -0.25) is 0 Å². The van der Waals surface area contributed by atoms with Crippen LogP contribution in [0.2, 0.25) is 0 Å². The highest BCUT2D eigenvalue weighted by atomic mass is 19.1. The first kappa shape index (κ1) is 17.2. The summed E-state index contributed by atoms with van der Waals surface area (Å²) < 4.78 is 16.2. The Morgan fingerprint density at radius 3 is 2.96 bits per heavy atom. The lowest BCUT2D eigenvalue weighted by Gasteiger charge is -2.29. The van der Waals surface area contributed by atoms with E-state index in [1.165, 1.54) is 6.07 Å². The Kier molecular flexibility index (Phi) is 5.00. The van der Waals surface area contributed by atoms with Gasteiger partial charge in [0.1, 0.15) is 5.82 Å². The van der Waals surface area contributed by atoms with Gasteiger partial charge in [-0.05, 0) is 56.0 Å². The minimum absolute atomic E-state index is 0.188. The summed E-state index contributed by atoms with van der Waals surface area (Å²) in [5.41, 5.74) is 3.40. The van der Waals surface area contributed by atoms with E-state index < -0.39 is 0 Å². The average Bonchev–Trinajstić information content (AvgIpc) is 3.06. The molecule has 3 aromatic rings. The minimum Gasteiger partial charge on any atom is -0.392 e. The molecule has 4 rings (SSSR count). The summed E-state index contributed by atoms with van der Waals surface area (Å²) in [5.74, 6) is -0.213. The van der Waals surface area contributed by atoms with Crippen molar-refractivity contribution in [1.29, 1.82) is 0 Å². The number of aliphatic hydroxyl groups excluding tert-OH is 1. The Hall–Kier alpha value is -2.24. The molecule has 0 amide bonds. The number of nitrogens with zero attached hydrogens (tertiary/aromatic N) is 2. The van der Waals surface area contributed by atoms with Crippen molar-refractivity contribution in [3.8, 4) is 11.1 Å². The van der Waals surface area contributed by atoms with Crippen molar-refractivity contribution >= 4 is 11.0 Å². The first-order valence-corrected chi connectivity index (χ1v) is 9.33. The number of benzene rings is 2. The van der Waals surface area contributed by atoms with E-state index in [-0.39, 0.29) is 18.0 Å². The van der Waals surface area contributed by atoms with Crippen molar-refractivity contribution in [1.82, 2.24) is 14.9 Å². The van der Waals surface area contributed by atoms with E-state index >= 15 is 0 Å². The van der Waals surface area contributed by atoms with Gasteiger partial charge >= 0.3 is 0 Å². The molecule has 0 aliphatic carbocycles. The molecule has 1 aromatic heterocycles. The fourth-order valence-corrected chi connectivity index (χ4v) is 3.81. The van der Waals surface area contributed by atoms with Crippen molar-refractivity contribution in [3.63, 3.8) is 0 Å². The van der Waals surface area contributed by atoms with E-state index in [2.05, 4.69) is 14.9 Å². The molecule has 1 aliphatic rings. The summed E-state index contributed by atoms with van der Waals surface area (Å²) >= 11 is 0. The summed E-state index contributed by atoms with van der Waals surface area (Å²) in [6.45, 7) is 1.82. The molecular weight excluding hydrogens is 329 g/mol. The predicted octanol–water partition coefficient (Wildman–Crippen LogP) is 3.74. The van der Waals surface area contributed by atoms with Crippen LogP contribution in [0.25, 0.3) is 22.2 Å². The molecule has 136 valence electrons. The summed E-state index contributed by atoms with van der Waals surface area (Å²) in [7, 11) is 0. The number of hydrogen-bond acceptors (Lipinski definition) is 3. The number of rotatable bonds is 5. The number of piperidine rings is 1. The number of nitrogens with one attached hydrogen (secondary N) is 1. The zero-order valence-corrected chi connectivity index (χ0v) is 14.7. The van der Waals surface area contributed by atoms with Gasteiger partial charge in [-0.15, -0.1) is 0 Å². The highest BCUT2D eigenvalue weighted by Gasteiger charge is 2.21. The predicted molar refractivity (Wildman–Crippen MR) is 101 cm³/mol. The molecule has 2 N–H and O–H groups in total. The van der Waals surface area contributed by atoms with Gasteiger partial charge in [0.15, 0.2) is 0 Å². The van der Waals surface area contributed by atoms with Crippen LogP contribution in [0.5, 0.6) is 0 Å². The molecular formula is C21H24FN3O. The summed E-state index contributed by atoms with van der Waals surface area (Å²) in [6.07, 6.45) is 5.44. The highest BCUT2D eigenvalue weighted by Crippen LogP contribution is 2.26. The number of fused-ring (bicyclic) bond motifs is 1. The molecule has 1 aliphatic heterocycles. The first-order valence-electron chi connectivity index (χ1n) is 9.33. The second-order valence-electron chi connectivity index (χ2n) is 7.03. The standard InChI is InChI=1S/C21H24FN3O/c22-17-6-2-1-5-16(17)15-9-10-18-20(13-15)25(14-24-18)12-4-7-19-21(26)8-3-11-23-19/h1-2,5-6,9-10,13-14,19,21,23,26H,3-4,7-8,11-12H2/t19-,21+/m1/s1. The van der Waals surface area contributed by atoms with Crippen LogP contribution < -0.4 is 5.32 Å². The van der Waals surface area contributed by atoms with Crippen LogP contribution in [-0.4, -0.2) is 33.3 Å². The second kappa shape index (κ2) is 7.56. The SMILES string of the molecule is O[C@H]1CCCN[C@@H]1CCCn1cnc2ccc(-c3ccccc3F)cc21. The molecule has 0 unspecified atom stereocenters. The van der Waals surface area contributed by atoms with Crippen LogP contribution in [0, 0.1) is 5.82 Å². The van der Waals surface area contributed by atoms with Crippen molar-refractivity contribution in [2.45, 2.75) is 44.4 Å². The smallest absolute Gasteiger partial charge is 0.131 e. The highest BCUT2D eigenvalue weighted by molar-refractivity contribution is 5.82. The lowest BCUT2D eigenvalue weighted by atomic mass is 9.97. The monoisotopic (exact) mass is 353 g/mol. The van der Waals surface area contributed by atoms with Crippen molar-refractivity contribution in [2.24, 2.45) is 0 Å². The number of aromatic nitrogens is 2. The quantitative estimate of drug-likeness (QED) is 0.735. The van der Waals surface area contributed by atoms with Gasteiger partial charge in [-0.1, -0.05) is 24.3 Å². The third kappa shape index (κ3) is 3.50. The van der Waals surface area contributed by atoms with Crippen LogP contribution in [-0.2, 0) is 6.54 Å². The molecule has 1 saturated heterocycles. The normalized spacial score (nSPS) is 20.5. The van der Waals surface area contributed by atoms with Crippen molar-refractivity contribution in [3.05, 3.63) is 54.6 Å². The van der Waals surface area contributed by atoms with Crippen molar-refractivity contribution in [2.75, 3.05) is 6.54 Å². The molecule has 0 bridgehead atoms. The van der Waals surface area contributed by atoms with Crippen LogP contribution >= 0.6 is 0 Å². The Bertz CT molecular complexity index is 892. The Morgan fingerprint density at radius 1 is 1.23 bits per heavy atom. The van der Waals surface area contributed by atoms with E-state index in [1.807, 2.05) is 30.6 Å². The van der Waals surface area contributed by atoms with Crippen LogP contribution in [0.15, 0.2) is 48.8 Å². The molecule has 4 nitrogen and oxygen atoms in total. The molecule has 5 heteroatoms. The third-order valence-electron chi connectivity index (χ3n) is 5.27. The zero-order chi connectivity index (χ0) is 17.9. The molecule has 0 spiro atoms. The molecule has 2 aromatic carbocycles. The van der Waals surface area contributed by atoms with E-state index in [9.17, 15) is 9.50 Å². The van der Waals surface area contributed by atoms with E-state index in [0.29, 0.717) is 5.56 Å². The van der Waals surface area contributed by atoms with Crippen molar-refractivity contribution < 1.29 is 9.50 Å². The van der Waals surface area contributed by atoms with Crippen LogP contribution in [0.1, 0.15) is 25.7 Å². The summed E-state index contributed by atoms with van der Waals surface area (Å²) in [4.78, 5) is 4.46. The number of halogens is 1. The number of hydrogen-bond donors (Lipinski definition) is 2. The van der Waals surface area contributed by atoms with Gasteiger partial charge in [0, 0.05) is 18.2 Å². The first-order chi connectivity index (χ1) is 12.7. The van der Waals surface area contributed by atoms with Crippen LogP contribution in [0.4, 0.5) is 4.39 Å². The largest absolute Gasteiger partial charge is 0.392 e. The third-order valence-corrected chi connectivity index (χ3v) is 5.27. The number of aryl methyl sites for hydroxylation is 1. The lowest BCUT2D eigenvalue weighted by Crippen LogP contribution is -2.44. The van der Waals surface area contributed by atoms with E-state index in [0.717, 1.165) is 55.4 Å². The topological polar surface area (TPSA) is 50.1 Å². The molecule has 1 fully saturated rings. The Morgan fingerprint density at radius 2 is 2.12 bits per heavy atom. The second-order valence-corrected chi connectivity index (χ2v) is 7.03. The fourth-order valence-electron chi connectivity index (χ4n) is 3.81. The molecule has 2 atom stereocenters. The van der Waals surface area contributed by atoms with E-state index in [4.69, 9.17) is 0 Å². The Labute approximate surface area is 152 Å². The zero-order valence-electron chi connectivity index (χ0n) is 14.7. The Balaban J connectivity index is 1.51. The maximum atomic E-state index is 14.1. The maximum absolute atomic E-state index is 14.1. The fraction of sp³-hybridized carbons (Fsp3) is 0.381. The average molecular weight is 353 g/mol. The molecule has 0 saturated carbocycles. The minimum atomic E-state index is -0.240. The number of aliphatic hydroxyl groups is 1. The van der Waals surface area contributed by atoms with Crippen LogP contribution in [0.3, 0.4) is 0 Å².